The van der Waals surface area contributed by atoms with Crippen molar-refractivity contribution in [2.75, 3.05) is 0 Å². The molecule has 0 radical (unpaired) electrons. The van der Waals surface area contributed by atoms with E-state index in [2.05, 4.69) is 5.32 Å². The van der Waals surface area contributed by atoms with E-state index in [1.165, 1.54) is 18.2 Å². The summed E-state index contributed by atoms with van der Waals surface area (Å²) in [6.45, 7) is 0. The van der Waals surface area contributed by atoms with E-state index in [1.807, 2.05) is 0 Å². The first-order valence-electron chi connectivity index (χ1n) is 6.55. The lowest BCUT2D eigenvalue weighted by Crippen LogP contribution is -2.42. The zero-order chi connectivity index (χ0) is 13.8. The van der Waals surface area contributed by atoms with Crippen molar-refractivity contribution in [1.82, 2.24) is 5.32 Å². The predicted molar refractivity (Wildman–Crippen MR) is 73.5 cm³/mol. The van der Waals surface area contributed by atoms with Crippen molar-refractivity contribution >= 4 is 17.5 Å². The molecular weight excluding hydrogens is 266 g/mol. The van der Waals surface area contributed by atoms with Crippen molar-refractivity contribution in [2.24, 2.45) is 0 Å². The third kappa shape index (κ3) is 3.61. The summed E-state index contributed by atoms with van der Waals surface area (Å²) >= 11 is 5.82. The second-order valence-corrected chi connectivity index (χ2v) is 5.38. The number of phenolic OH excluding ortho intramolecular Hbond substituents is 1. The Morgan fingerprint density at radius 1 is 1.26 bits per heavy atom. The van der Waals surface area contributed by atoms with Crippen molar-refractivity contribution in [3.05, 3.63) is 28.8 Å². The summed E-state index contributed by atoms with van der Waals surface area (Å²) in [5, 5.41) is 22.8. The van der Waals surface area contributed by atoms with Crippen LogP contribution in [0.2, 0.25) is 5.02 Å². The minimum absolute atomic E-state index is 0.106. The number of carbonyl (C=O) groups is 1. The Hall–Kier alpha value is -1.26. The molecule has 0 spiro atoms. The molecule has 0 bridgehead atoms. The van der Waals surface area contributed by atoms with E-state index >= 15 is 0 Å². The number of hydrogen-bond donors (Lipinski definition) is 3. The van der Waals surface area contributed by atoms with Gasteiger partial charge in [-0.05, 0) is 31.0 Å². The van der Waals surface area contributed by atoms with Crippen LogP contribution in [0.4, 0.5) is 0 Å². The maximum atomic E-state index is 12.1. The highest BCUT2D eigenvalue weighted by atomic mass is 35.5. The Labute approximate surface area is 117 Å². The molecule has 3 N–H and O–H groups in total. The molecule has 2 atom stereocenters. The van der Waals surface area contributed by atoms with Gasteiger partial charge in [-0.2, -0.15) is 0 Å². The number of aliphatic hydroxyl groups is 1. The second-order valence-electron chi connectivity index (χ2n) is 4.95. The number of halogens is 1. The molecule has 2 unspecified atom stereocenters. The summed E-state index contributed by atoms with van der Waals surface area (Å²) in [5.41, 5.74) is 0.143. The number of rotatable bonds is 2. The first-order chi connectivity index (χ1) is 9.08. The molecule has 1 aromatic rings. The molecule has 1 aliphatic carbocycles. The van der Waals surface area contributed by atoms with Crippen LogP contribution in [0.15, 0.2) is 18.2 Å². The van der Waals surface area contributed by atoms with Gasteiger partial charge in [0.15, 0.2) is 0 Å². The van der Waals surface area contributed by atoms with Gasteiger partial charge in [-0.3, -0.25) is 4.79 Å². The fraction of sp³-hybridized carbons (Fsp3) is 0.500. The number of aromatic hydroxyl groups is 1. The summed E-state index contributed by atoms with van der Waals surface area (Å²) in [6, 6.07) is 4.08. The smallest absolute Gasteiger partial charge is 0.255 e. The minimum Gasteiger partial charge on any atom is -0.507 e. The van der Waals surface area contributed by atoms with E-state index in [0.717, 1.165) is 25.7 Å². The molecule has 1 aromatic carbocycles. The van der Waals surface area contributed by atoms with Gasteiger partial charge < -0.3 is 15.5 Å². The van der Waals surface area contributed by atoms with Gasteiger partial charge in [0, 0.05) is 5.02 Å². The quantitative estimate of drug-likeness (QED) is 0.730. The van der Waals surface area contributed by atoms with Gasteiger partial charge in [0.1, 0.15) is 5.75 Å². The first kappa shape index (κ1) is 14.2. The number of hydrogen-bond acceptors (Lipinski definition) is 3. The van der Waals surface area contributed by atoms with E-state index in [1.54, 1.807) is 0 Å². The zero-order valence-corrected chi connectivity index (χ0v) is 11.4. The van der Waals surface area contributed by atoms with Crippen LogP contribution in [0.1, 0.15) is 42.5 Å². The summed E-state index contributed by atoms with van der Waals surface area (Å²) in [4.78, 5) is 12.1. The van der Waals surface area contributed by atoms with E-state index in [0.29, 0.717) is 11.4 Å². The lowest BCUT2D eigenvalue weighted by atomic mass is 10.1. The van der Waals surface area contributed by atoms with Gasteiger partial charge in [0.25, 0.3) is 5.91 Å². The summed E-state index contributed by atoms with van der Waals surface area (Å²) in [5.74, 6) is -0.504. The van der Waals surface area contributed by atoms with Crippen LogP contribution in [0.3, 0.4) is 0 Å². The first-order valence-corrected chi connectivity index (χ1v) is 6.93. The van der Waals surface area contributed by atoms with Crippen LogP contribution in [0.25, 0.3) is 0 Å². The van der Waals surface area contributed by atoms with Gasteiger partial charge in [-0.15, -0.1) is 0 Å². The molecule has 5 heteroatoms. The molecule has 104 valence electrons. The van der Waals surface area contributed by atoms with Crippen LogP contribution in [-0.2, 0) is 0 Å². The molecule has 1 saturated carbocycles. The van der Waals surface area contributed by atoms with Crippen molar-refractivity contribution in [1.29, 1.82) is 0 Å². The fourth-order valence-electron chi connectivity index (χ4n) is 2.39. The van der Waals surface area contributed by atoms with Gasteiger partial charge >= 0.3 is 0 Å². The average Bonchev–Trinajstić information content (AvgIpc) is 2.58. The number of nitrogens with one attached hydrogen (secondary N) is 1. The maximum Gasteiger partial charge on any atom is 0.255 e. The largest absolute Gasteiger partial charge is 0.507 e. The van der Waals surface area contributed by atoms with Crippen molar-refractivity contribution < 1.29 is 15.0 Å². The van der Waals surface area contributed by atoms with Gasteiger partial charge in [0.05, 0.1) is 17.7 Å². The van der Waals surface area contributed by atoms with Crippen LogP contribution < -0.4 is 5.32 Å². The lowest BCUT2D eigenvalue weighted by molar-refractivity contribution is 0.0816. The number of carbonyl (C=O) groups excluding carboxylic acids is 1. The van der Waals surface area contributed by atoms with E-state index in [-0.39, 0.29) is 17.4 Å². The highest BCUT2D eigenvalue weighted by Crippen LogP contribution is 2.23. The number of phenols is 1. The van der Waals surface area contributed by atoms with Gasteiger partial charge in [0.2, 0.25) is 0 Å². The van der Waals surface area contributed by atoms with E-state index in [9.17, 15) is 15.0 Å². The monoisotopic (exact) mass is 283 g/mol. The summed E-state index contributed by atoms with van der Waals surface area (Å²) in [7, 11) is 0. The lowest BCUT2D eigenvalue weighted by Gasteiger charge is -2.22. The van der Waals surface area contributed by atoms with Gasteiger partial charge in [-0.25, -0.2) is 0 Å². The predicted octanol–water partition coefficient (Wildman–Crippen LogP) is 2.47. The Kier molecular flexibility index (Phi) is 4.66. The number of benzene rings is 1. The van der Waals surface area contributed by atoms with Crippen LogP contribution >= 0.6 is 11.6 Å². The van der Waals surface area contributed by atoms with Crippen LogP contribution in [0, 0.1) is 0 Å². The molecule has 2 rings (SSSR count). The number of amides is 1. The standard InChI is InChI=1S/C14H18ClNO3/c15-9-6-7-12(17)10(8-9)14(19)16-11-4-2-1-3-5-13(11)18/h6-8,11,13,17-18H,1-5H2,(H,16,19). The highest BCUT2D eigenvalue weighted by molar-refractivity contribution is 6.31. The van der Waals surface area contributed by atoms with Crippen LogP contribution in [0.5, 0.6) is 5.75 Å². The molecule has 1 fully saturated rings. The van der Waals surface area contributed by atoms with Crippen molar-refractivity contribution in [2.45, 2.75) is 44.2 Å². The maximum absolute atomic E-state index is 12.1. The molecule has 0 aliphatic heterocycles. The molecular formula is C14H18ClNO3. The van der Waals surface area contributed by atoms with Crippen LogP contribution in [-0.4, -0.2) is 28.3 Å². The molecule has 19 heavy (non-hydrogen) atoms. The SMILES string of the molecule is O=C(NC1CCCCCC1O)c1cc(Cl)ccc1O. The second kappa shape index (κ2) is 6.26. The Morgan fingerprint density at radius 2 is 2.00 bits per heavy atom. The van der Waals surface area contributed by atoms with E-state index < -0.39 is 12.0 Å². The summed E-state index contributed by atoms with van der Waals surface area (Å²) < 4.78 is 0. The normalized spacial score (nSPS) is 23.7. The third-order valence-electron chi connectivity index (χ3n) is 3.50. The topological polar surface area (TPSA) is 69.6 Å². The number of aliphatic hydroxyl groups excluding tert-OH is 1. The average molecular weight is 284 g/mol. The minimum atomic E-state index is -0.521. The van der Waals surface area contributed by atoms with Crippen molar-refractivity contribution in [3.8, 4) is 5.75 Å². The highest BCUT2D eigenvalue weighted by Gasteiger charge is 2.24. The van der Waals surface area contributed by atoms with Crippen molar-refractivity contribution in [3.63, 3.8) is 0 Å². The Balaban J connectivity index is 2.09. The molecule has 1 amide bonds. The van der Waals surface area contributed by atoms with Gasteiger partial charge in [-0.1, -0.05) is 30.9 Å². The molecule has 0 heterocycles. The fourth-order valence-corrected chi connectivity index (χ4v) is 2.56. The van der Waals surface area contributed by atoms with E-state index in [4.69, 9.17) is 11.6 Å². The molecule has 1 aliphatic rings. The molecule has 0 saturated heterocycles. The third-order valence-corrected chi connectivity index (χ3v) is 3.73. The Morgan fingerprint density at radius 3 is 2.79 bits per heavy atom. The zero-order valence-electron chi connectivity index (χ0n) is 10.6. The summed E-state index contributed by atoms with van der Waals surface area (Å²) in [6.07, 6.45) is 3.99. The molecule has 4 nitrogen and oxygen atoms in total. The Bertz CT molecular complexity index is 464. The molecule has 0 aromatic heterocycles.